The largest absolute Gasteiger partial charge is 0.597 e. The molecule has 0 radical (unpaired) electrons. The van der Waals surface area contributed by atoms with Crippen molar-refractivity contribution in [1.82, 2.24) is 8.96 Å². The predicted octanol–water partition coefficient (Wildman–Crippen LogP) is 8.58. The zero-order chi connectivity index (χ0) is 49.0. The zero-order valence-corrected chi connectivity index (χ0v) is 34.7. The lowest BCUT2D eigenvalue weighted by atomic mass is 9.88. The lowest BCUT2D eigenvalue weighted by Gasteiger charge is -2.38. The Balaban J connectivity index is 1.46. The molecule has 0 aliphatic carbocycles. The molecule has 0 N–H and O–H groups in total. The molecule has 0 spiro atoms. The molecule has 0 saturated carbocycles. The zero-order valence-electron chi connectivity index (χ0n) is 33.9. The van der Waals surface area contributed by atoms with Crippen LogP contribution in [0.2, 0.25) is 0 Å². The summed E-state index contributed by atoms with van der Waals surface area (Å²) in [6.07, 6.45) is -15.3. The number of nitrogens with zero attached hydrogens (tertiary/aromatic N) is 3. The van der Waals surface area contributed by atoms with Gasteiger partial charge in [-0.1, -0.05) is 40.3 Å². The number of methoxy groups -OCH3 is 3. The van der Waals surface area contributed by atoms with E-state index in [1.165, 1.54) is 75.9 Å². The fraction of sp³-hybridized carbons (Fsp3) is 0.214. The van der Waals surface area contributed by atoms with E-state index in [1.807, 2.05) is 4.74 Å². The Hall–Kier alpha value is -6.50. The second-order valence-corrected chi connectivity index (χ2v) is 16.2. The Morgan fingerprint density at radius 3 is 1.40 bits per heavy atom. The van der Waals surface area contributed by atoms with Crippen LogP contribution < -0.4 is 24.9 Å². The Morgan fingerprint density at radius 1 is 0.537 bits per heavy atom. The van der Waals surface area contributed by atoms with Gasteiger partial charge in [-0.15, -0.1) is 0 Å². The third-order valence-electron chi connectivity index (χ3n) is 11.1. The maximum absolute atomic E-state index is 17.8. The van der Waals surface area contributed by atoms with Crippen LogP contribution in [-0.2, 0) is 15.0 Å². The summed E-state index contributed by atoms with van der Waals surface area (Å²) in [4.78, 5) is 4.23. The number of hydrogen-bond donors (Lipinski definition) is 0. The Kier molecular flexibility index (Phi) is 10.9. The number of ether oxygens (including phenoxy) is 4. The van der Waals surface area contributed by atoms with Crippen molar-refractivity contribution >= 4 is 39.9 Å². The number of alkyl halides is 12. The Morgan fingerprint density at radius 2 is 0.955 bits per heavy atom. The molecule has 2 aromatic heterocycles. The molecule has 352 valence electrons. The van der Waals surface area contributed by atoms with Gasteiger partial charge in [0.15, 0.2) is 0 Å². The van der Waals surface area contributed by atoms with E-state index in [0.717, 1.165) is 27.2 Å². The van der Waals surface area contributed by atoms with Crippen LogP contribution in [0.15, 0.2) is 119 Å². The van der Waals surface area contributed by atoms with E-state index in [1.54, 1.807) is 24.3 Å². The minimum absolute atomic E-state index is 0.0177. The molecule has 3 aromatic carbocycles. The highest BCUT2D eigenvalue weighted by Gasteiger charge is 2.85. The van der Waals surface area contributed by atoms with Gasteiger partial charge in [-0.3, -0.25) is 4.32 Å². The summed E-state index contributed by atoms with van der Waals surface area (Å²) in [7, 11) is -6.46. The molecule has 4 bridgehead atoms. The molecule has 0 amide bonds. The van der Waals surface area contributed by atoms with Crippen molar-refractivity contribution in [2.75, 3.05) is 21.3 Å². The molecule has 5 aromatic rings. The van der Waals surface area contributed by atoms with Crippen LogP contribution in [-0.4, -0.2) is 86.9 Å². The number of fused-ring (bicyclic) bond motifs is 1. The molecule has 8 rings (SSSR count). The number of halogens is 14. The monoisotopic (exact) mass is 977 g/mol. The molecular formula is C42H26BF14N3O6S. The van der Waals surface area contributed by atoms with Crippen LogP contribution >= 0.6 is 0 Å². The van der Waals surface area contributed by atoms with E-state index in [4.69, 9.17) is 14.2 Å². The number of hydrogen-bond acceptors (Lipinski definition) is 7. The average molecular weight is 978 g/mol. The van der Waals surface area contributed by atoms with Gasteiger partial charge in [0.2, 0.25) is 0 Å². The minimum Gasteiger partial charge on any atom is -0.497 e. The van der Waals surface area contributed by atoms with Crippen molar-refractivity contribution in [2.24, 2.45) is 4.99 Å². The van der Waals surface area contributed by atoms with Crippen molar-refractivity contribution in [1.29, 1.82) is 0 Å². The van der Waals surface area contributed by atoms with E-state index < -0.39 is 81.0 Å². The highest BCUT2D eigenvalue weighted by atomic mass is 32.3. The van der Waals surface area contributed by atoms with Gasteiger partial charge in [-0.25, -0.2) is 9.73 Å². The predicted molar refractivity (Wildman–Crippen MR) is 211 cm³/mol. The second kappa shape index (κ2) is 15.5. The van der Waals surface area contributed by atoms with Gasteiger partial charge in [-0.2, -0.15) is 61.1 Å². The molecule has 9 nitrogen and oxygen atoms in total. The second-order valence-electron chi connectivity index (χ2n) is 14.8. The van der Waals surface area contributed by atoms with E-state index in [2.05, 4.69) is 4.99 Å². The van der Waals surface area contributed by atoms with Crippen molar-refractivity contribution in [3.05, 3.63) is 153 Å². The number of aliphatic imine (C=N–C) groups is 1. The van der Waals surface area contributed by atoms with Crippen LogP contribution in [0.3, 0.4) is 0 Å². The first kappa shape index (κ1) is 47.0. The van der Waals surface area contributed by atoms with Crippen molar-refractivity contribution in [3.63, 3.8) is 0 Å². The van der Waals surface area contributed by atoms with Crippen LogP contribution in [0.1, 0.15) is 28.1 Å². The van der Waals surface area contributed by atoms with E-state index in [-0.39, 0.29) is 50.7 Å². The summed E-state index contributed by atoms with van der Waals surface area (Å²) in [5, 5.41) is -7.50. The van der Waals surface area contributed by atoms with E-state index in [0.29, 0.717) is 16.9 Å². The fourth-order valence-corrected chi connectivity index (χ4v) is 8.10. The quantitative estimate of drug-likeness (QED) is 0.0630. The number of rotatable bonds is 14. The Bertz CT molecular complexity index is 3170. The first-order chi connectivity index (χ1) is 31.2. The number of benzene rings is 3. The van der Waals surface area contributed by atoms with Gasteiger partial charge >= 0.3 is 52.7 Å². The lowest BCUT2D eigenvalue weighted by molar-refractivity contribution is -0.486. The Labute approximate surface area is 368 Å². The molecule has 5 heterocycles. The number of allylic oxidation sites excluding steroid dienone is 2. The molecule has 0 fully saturated rings. The standard InChI is InChI=1S/C42H26BF14N3O6S/c1-63-24-10-4-21(5-11-24)33-28-20-27(37(44,45)38(46,47)39(48,49)40(50,51)66-41(52,53)42(54,55)67(57,61)62)36(58-28)35(23-8-14-26(65-3)15-9-23)32-19-18-31-34(22-6-12-25(64-2)13-7-22)30-17-16-29(33)59(30)43(56)60(31)32/h4-20H,1-3H3. The van der Waals surface area contributed by atoms with Crippen molar-refractivity contribution in [3.8, 4) is 17.2 Å². The number of aromatic nitrogens is 2. The molecule has 67 heavy (non-hydrogen) atoms. The SMILES string of the molecule is COc1ccc(C2=C3N=C(C=C3C(F)(F)C(F)(F)C(F)(F)C(F)(F)OC(F)(F)C(F)(F)S(=O)(=O)F)C(c3ccc(OC)cc3)=c3ccc4n3B(F)n3c2ccc3C=4c2ccc(OC)cc2)cc1. The molecule has 0 saturated heterocycles. The molecule has 3 aliphatic rings. The molecular weight excluding hydrogens is 951 g/mol. The highest BCUT2D eigenvalue weighted by molar-refractivity contribution is 7.87. The van der Waals surface area contributed by atoms with Gasteiger partial charge in [0.1, 0.15) is 17.2 Å². The fourth-order valence-electron chi connectivity index (χ4n) is 7.77. The molecule has 0 atom stereocenters. The van der Waals surface area contributed by atoms with E-state index in [9.17, 15) is 38.6 Å². The van der Waals surface area contributed by atoms with Gasteiger partial charge in [0.25, 0.3) is 0 Å². The maximum Gasteiger partial charge on any atom is 0.597 e. The average Bonchev–Trinajstić information content (AvgIpc) is 4.03. The normalized spacial score (nSPS) is 15.7. The van der Waals surface area contributed by atoms with E-state index >= 15 is 30.7 Å². The molecule has 25 heteroatoms. The van der Waals surface area contributed by atoms with Gasteiger partial charge in [-0.05, 0) is 83.4 Å². The topological polar surface area (TPSA) is 93.3 Å². The van der Waals surface area contributed by atoms with Crippen molar-refractivity contribution < 1.29 is 88.3 Å². The van der Waals surface area contributed by atoms with Crippen LogP contribution in [0.25, 0.3) is 16.7 Å². The first-order valence-electron chi connectivity index (χ1n) is 18.9. The lowest BCUT2D eigenvalue weighted by Crippen LogP contribution is -2.65. The molecule has 3 aliphatic heterocycles. The summed E-state index contributed by atoms with van der Waals surface area (Å²) in [5.41, 5.74) is -5.68. The van der Waals surface area contributed by atoms with Crippen LogP contribution in [0.5, 0.6) is 17.2 Å². The summed E-state index contributed by atoms with van der Waals surface area (Å²) in [5.74, 6) is -21.7. The van der Waals surface area contributed by atoms with Gasteiger partial charge in [0.05, 0.1) is 38.3 Å². The maximum atomic E-state index is 17.8. The summed E-state index contributed by atoms with van der Waals surface area (Å²) in [6, 6.07) is 21.5. The third kappa shape index (κ3) is 6.93. The first-order valence-corrected chi connectivity index (χ1v) is 20.3. The summed E-state index contributed by atoms with van der Waals surface area (Å²) < 4.78 is 254. The van der Waals surface area contributed by atoms with Gasteiger partial charge in [0, 0.05) is 38.8 Å². The van der Waals surface area contributed by atoms with Gasteiger partial charge < -0.3 is 23.2 Å². The summed E-state index contributed by atoms with van der Waals surface area (Å²) in [6.45, 7) is 0. The van der Waals surface area contributed by atoms with Crippen LogP contribution in [0.4, 0.5) is 60.9 Å². The summed E-state index contributed by atoms with van der Waals surface area (Å²) >= 11 is 0. The minimum atomic E-state index is -8.02. The van der Waals surface area contributed by atoms with Crippen LogP contribution in [0, 0.1) is 0 Å². The molecule has 0 unspecified atom stereocenters. The third-order valence-corrected chi connectivity index (χ3v) is 11.9. The highest BCUT2D eigenvalue weighted by Crippen LogP contribution is 2.59. The smallest absolute Gasteiger partial charge is 0.497 e. The van der Waals surface area contributed by atoms with Crippen molar-refractivity contribution in [2.45, 2.75) is 35.2 Å².